The van der Waals surface area contributed by atoms with Gasteiger partial charge in [-0.1, -0.05) is 18.2 Å². The van der Waals surface area contributed by atoms with Crippen molar-refractivity contribution in [3.8, 4) is 17.7 Å². The Hall–Kier alpha value is -3.20. The Morgan fingerprint density at radius 2 is 2.13 bits per heavy atom. The Morgan fingerprint density at radius 1 is 1.35 bits per heavy atom. The zero-order valence-electron chi connectivity index (χ0n) is 13.0. The Labute approximate surface area is 134 Å². The van der Waals surface area contributed by atoms with Crippen LogP contribution >= 0.6 is 0 Å². The Kier molecular flexibility index (Phi) is 3.77. The van der Waals surface area contributed by atoms with Crippen LogP contribution < -0.4 is 10.5 Å². The van der Waals surface area contributed by atoms with Crippen molar-refractivity contribution in [2.45, 2.75) is 13.5 Å². The molecule has 3 aromatic rings. The quantitative estimate of drug-likeness (QED) is 0.803. The third-order valence-electron chi connectivity index (χ3n) is 3.71. The van der Waals surface area contributed by atoms with Gasteiger partial charge in [0.05, 0.1) is 12.2 Å². The summed E-state index contributed by atoms with van der Waals surface area (Å²) in [5, 5.41) is 9.37. The van der Waals surface area contributed by atoms with Crippen molar-refractivity contribution in [1.82, 2.24) is 14.1 Å². The fourth-order valence-electron chi connectivity index (χ4n) is 2.38. The molecule has 2 N–H and O–H groups in total. The molecular weight excluding hydrogens is 290 g/mol. The predicted octanol–water partition coefficient (Wildman–Crippen LogP) is 2.82. The van der Waals surface area contributed by atoms with Gasteiger partial charge in [0, 0.05) is 25.5 Å². The number of imidazole rings is 1. The highest BCUT2D eigenvalue weighted by atomic mass is 16.5. The summed E-state index contributed by atoms with van der Waals surface area (Å²) < 4.78 is 9.63. The van der Waals surface area contributed by atoms with Gasteiger partial charge in [-0.25, -0.2) is 4.98 Å². The van der Waals surface area contributed by atoms with E-state index in [2.05, 4.69) is 11.1 Å². The van der Waals surface area contributed by atoms with Crippen molar-refractivity contribution >= 4 is 5.69 Å². The topological polar surface area (TPSA) is 81.8 Å². The number of hydrogen-bond donors (Lipinski definition) is 1. The van der Waals surface area contributed by atoms with Crippen molar-refractivity contribution in [1.29, 1.82) is 5.26 Å². The number of nitrogens with two attached hydrogens (primary N) is 1. The van der Waals surface area contributed by atoms with Gasteiger partial charge in [0.15, 0.2) is 0 Å². The molecule has 0 saturated carbocycles. The van der Waals surface area contributed by atoms with Crippen LogP contribution in [-0.4, -0.2) is 14.1 Å². The number of ether oxygens (including phenoxy) is 1. The normalized spacial score (nSPS) is 10.5. The van der Waals surface area contributed by atoms with Gasteiger partial charge >= 0.3 is 0 Å². The second-order valence-electron chi connectivity index (χ2n) is 5.31. The van der Waals surface area contributed by atoms with E-state index in [1.54, 1.807) is 16.8 Å². The standard InChI is InChI=1S/C17H17N5O/c1-12-5-3-4-6-15(12)23-17-14(19)9-13(10-18)22(17)11-16-20-7-8-21(16)2/h3-9H,11,19H2,1-2H3. The number of nitrogen functional groups attached to an aromatic ring is 1. The fraction of sp³-hybridized carbons (Fsp3) is 0.176. The van der Waals surface area contributed by atoms with Crippen LogP contribution in [0, 0.1) is 18.3 Å². The van der Waals surface area contributed by atoms with Gasteiger partial charge in [-0.05, 0) is 18.6 Å². The summed E-state index contributed by atoms with van der Waals surface area (Å²) >= 11 is 0. The first-order chi connectivity index (χ1) is 11.1. The Bertz CT molecular complexity index is 885. The number of rotatable bonds is 4. The zero-order chi connectivity index (χ0) is 16.4. The van der Waals surface area contributed by atoms with Crippen LogP contribution in [0.15, 0.2) is 42.7 Å². The van der Waals surface area contributed by atoms with Gasteiger partial charge in [0.25, 0.3) is 0 Å². The average Bonchev–Trinajstić information content (AvgIpc) is 3.07. The number of aromatic nitrogens is 3. The first-order valence-electron chi connectivity index (χ1n) is 7.19. The van der Waals surface area contributed by atoms with Crippen LogP contribution in [0.3, 0.4) is 0 Å². The van der Waals surface area contributed by atoms with E-state index in [9.17, 15) is 5.26 Å². The second-order valence-corrected chi connectivity index (χ2v) is 5.31. The molecule has 1 aromatic carbocycles. The highest BCUT2D eigenvalue weighted by Crippen LogP contribution is 2.33. The number of hydrogen-bond acceptors (Lipinski definition) is 4. The molecule has 0 radical (unpaired) electrons. The molecule has 2 heterocycles. The maximum atomic E-state index is 9.37. The van der Waals surface area contributed by atoms with Gasteiger partial charge in [-0.3, -0.25) is 4.57 Å². The van der Waals surface area contributed by atoms with Gasteiger partial charge in [0.1, 0.15) is 23.3 Å². The summed E-state index contributed by atoms with van der Waals surface area (Å²) in [5.41, 5.74) is 7.92. The number of aryl methyl sites for hydroxylation is 2. The van der Waals surface area contributed by atoms with Crippen LogP contribution in [0.25, 0.3) is 0 Å². The third-order valence-corrected chi connectivity index (χ3v) is 3.71. The maximum absolute atomic E-state index is 9.37. The van der Waals surface area contributed by atoms with Crippen molar-refractivity contribution in [3.63, 3.8) is 0 Å². The lowest BCUT2D eigenvalue weighted by Gasteiger charge is -2.13. The Balaban J connectivity index is 2.03. The number of benzene rings is 1. The summed E-state index contributed by atoms with van der Waals surface area (Å²) in [5.74, 6) is 1.98. The van der Waals surface area contributed by atoms with E-state index in [0.29, 0.717) is 29.6 Å². The molecule has 0 unspecified atom stereocenters. The van der Waals surface area contributed by atoms with E-state index >= 15 is 0 Å². The third kappa shape index (κ3) is 2.77. The highest BCUT2D eigenvalue weighted by molar-refractivity contribution is 5.57. The molecular formula is C17H17N5O. The molecule has 6 heteroatoms. The smallest absolute Gasteiger partial charge is 0.224 e. The van der Waals surface area contributed by atoms with E-state index in [4.69, 9.17) is 10.5 Å². The summed E-state index contributed by atoms with van der Waals surface area (Å²) in [6.07, 6.45) is 3.58. The van der Waals surface area contributed by atoms with E-state index in [1.165, 1.54) is 0 Å². The molecule has 0 aliphatic rings. The minimum atomic E-state index is 0.408. The maximum Gasteiger partial charge on any atom is 0.224 e. The number of nitrogens with zero attached hydrogens (tertiary/aromatic N) is 4. The van der Waals surface area contributed by atoms with E-state index < -0.39 is 0 Å². The number of para-hydroxylation sites is 1. The lowest BCUT2D eigenvalue weighted by molar-refractivity contribution is 0.431. The fourth-order valence-corrected chi connectivity index (χ4v) is 2.38. The predicted molar refractivity (Wildman–Crippen MR) is 87.1 cm³/mol. The SMILES string of the molecule is Cc1ccccc1Oc1c(N)cc(C#N)n1Cc1nccn1C. The van der Waals surface area contributed by atoms with Crippen LogP contribution in [0.2, 0.25) is 0 Å². The van der Waals surface area contributed by atoms with E-state index in [1.807, 2.05) is 49.0 Å². The molecule has 0 aliphatic heterocycles. The minimum absolute atomic E-state index is 0.408. The monoisotopic (exact) mass is 307 g/mol. The zero-order valence-corrected chi connectivity index (χ0v) is 13.0. The van der Waals surface area contributed by atoms with Gasteiger partial charge in [-0.2, -0.15) is 5.26 Å². The largest absolute Gasteiger partial charge is 0.438 e. The molecule has 0 amide bonds. The molecule has 3 rings (SSSR count). The lowest BCUT2D eigenvalue weighted by atomic mass is 10.2. The van der Waals surface area contributed by atoms with Gasteiger partial charge in [-0.15, -0.1) is 0 Å². The van der Waals surface area contributed by atoms with Crippen LogP contribution in [0.4, 0.5) is 5.69 Å². The molecule has 0 bridgehead atoms. The van der Waals surface area contributed by atoms with Crippen LogP contribution in [-0.2, 0) is 13.6 Å². The number of anilines is 1. The summed E-state index contributed by atoms with van der Waals surface area (Å²) in [6.45, 7) is 2.37. The molecule has 0 spiro atoms. The summed E-state index contributed by atoms with van der Waals surface area (Å²) in [4.78, 5) is 4.30. The van der Waals surface area contributed by atoms with Crippen molar-refractivity contribution in [2.75, 3.05) is 5.73 Å². The molecule has 0 aliphatic carbocycles. The Morgan fingerprint density at radius 3 is 2.78 bits per heavy atom. The first-order valence-corrected chi connectivity index (χ1v) is 7.19. The molecule has 0 atom stereocenters. The van der Waals surface area contributed by atoms with E-state index in [-0.39, 0.29) is 0 Å². The molecule has 0 fully saturated rings. The van der Waals surface area contributed by atoms with Crippen molar-refractivity contribution < 1.29 is 4.74 Å². The molecule has 0 saturated heterocycles. The van der Waals surface area contributed by atoms with E-state index in [0.717, 1.165) is 11.4 Å². The lowest BCUT2D eigenvalue weighted by Crippen LogP contribution is -2.09. The molecule has 2 aromatic heterocycles. The number of nitriles is 1. The molecule has 23 heavy (non-hydrogen) atoms. The van der Waals surface area contributed by atoms with Crippen LogP contribution in [0.5, 0.6) is 11.6 Å². The summed E-state index contributed by atoms with van der Waals surface area (Å²) in [7, 11) is 1.91. The summed E-state index contributed by atoms with van der Waals surface area (Å²) in [6, 6.07) is 11.5. The highest BCUT2D eigenvalue weighted by Gasteiger charge is 2.17. The van der Waals surface area contributed by atoms with Crippen molar-refractivity contribution in [3.05, 3.63) is 59.8 Å². The average molecular weight is 307 g/mol. The van der Waals surface area contributed by atoms with Gasteiger partial charge < -0.3 is 15.0 Å². The first kappa shape index (κ1) is 14.7. The second kappa shape index (κ2) is 5.89. The van der Waals surface area contributed by atoms with Crippen molar-refractivity contribution in [2.24, 2.45) is 7.05 Å². The minimum Gasteiger partial charge on any atom is -0.438 e. The van der Waals surface area contributed by atoms with Gasteiger partial charge in [0.2, 0.25) is 5.88 Å². The van der Waals surface area contributed by atoms with Crippen LogP contribution in [0.1, 0.15) is 17.1 Å². The molecule has 116 valence electrons. The molecule has 6 nitrogen and oxygen atoms in total.